The lowest BCUT2D eigenvalue weighted by atomic mass is 9.43. The molecule has 11 atom stereocenters. The zero-order valence-corrected chi connectivity index (χ0v) is 31.1. The van der Waals surface area contributed by atoms with Gasteiger partial charge in [0.2, 0.25) is 0 Å². The summed E-state index contributed by atoms with van der Waals surface area (Å²) in [5.74, 6) is 3.81. The number of nitrogens with zero attached hydrogens (tertiary/aromatic N) is 1. The van der Waals surface area contributed by atoms with Crippen molar-refractivity contribution in [2.75, 3.05) is 53.0 Å². The molecule has 0 aromatic heterocycles. The third-order valence-electron chi connectivity index (χ3n) is 14.0. The van der Waals surface area contributed by atoms with Crippen LogP contribution >= 0.6 is 0 Å². The lowest BCUT2D eigenvalue weighted by Crippen LogP contribution is -2.63. The molecular formula is C41H72N4O3. The van der Waals surface area contributed by atoms with E-state index in [9.17, 15) is 0 Å². The lowest BCUT2D eigenvalue weighted by Gasteiger charge is -2.65. The second-order valence-corrected chi connectivity index (χ2v) is 16.8. The Morgan fingerprint density at radius 1 is 0.812 bits per heavy atom. The fourth-order valence-electron chi connectivity index (χ4n) is 11.5. The molecule has 0 aliphatic heterocycles. The van der Waals surface area contributed by atoms with E-state index in [-0.39, 0.29) is 11.5 Å². The average Bonchev–Trinajstić information content (AvgIpc) is 3.44. The van der Waals surface area contributed by atoms with Crippen molar-refractivity contribution < 1.29 is 14.2 Å². The number of fused-ring (bicyclic) bond motifs is 5. The first kappa shape index (κ1) is 38.2. The van der Waals surface area contributed by atoms with E-state index < -0.39 is 0 Å². The van der Waals surface area contributed by atoms with Gasteiger partial charge >= 0.3 is 0 Å². The van der Waals surface area contributed by atoms with E-state index in [1.54, 1.807) is 0 Å². The molecule has 0 bridgehead atoms. The summed E-state index contributed by atoms with van der Waals surface area (Å²) in [4.78, 5) is 2.49. The first-order valence-electron chi connectivity index (χ1n) is 19.9. The zero-order valence-electron chi connectivity index (χ0n) is 31.1. The molecule has 4 saturated carbocycles. The Hall–Kier alpha value is -1.06. The van der Waals surface area contributed by atoms with Crippen LogP contribution in [0.3, 0.4) is 0 Å². The number of hydrogen-bond acceptors (Lipinski definition) is 7. The third kappa shape index (κ3) is 8.52. The second kappa shape index (κ2) is 17.9. The van der Waals surface area contributed by atoms with Crippen LogP contribution in [0.2, 0.25) is 0 Å². The maximum Gasteiger partial charge on any atom is 0.0637 e. The topological polar surface area (TPSA) is 109 Å². The second-order valence-electron chi connectivity index (χ2n) is 16.8. The molecule has 48 heavy (non-hydrogen) atoms. The molecule has 1 aromatic carbocycles. The van der Waals surface area contributed by atoms with Crippen LogP contribution < -0.4 is 17.2 Å². The van der Waals surface area contributed by atoms with Crippen LogP contribution in [0.1, 0.15) is 103 Å². The zero-order chi connectivity index (χ0) is 34.1. The Labute approximate surface area is 293 Å². The van der Waals surface area contributed by atoms with Crippen molar-refractivity contribution in [2.45, 2.75) is 123 Å². The van der Waals surface area contributed by atoms with Gasteiger partial charge in [-0.05, 0) is 157 Å². The van der Waals surface area contributed by atoms with Crippen LogP contribution in [-0.2, 0) is 20.8 Å². The van der Waals surface area contributed by atoms with E-state index in [1.807, 2.05) is 0 Å². The Morgan fingerprint density at radius 3 is 2.21 bits per heavy atom. The average molecular weight is 669 g/mol. The molecule has 4 fully saturated rings. The van der Waals surface area contributed by atoms with Gasteiger partial charge in [-0.3, -0.25) is 0 Å². The normalized spacial score (nSPS) is 36.8. The molecule has 274 valence electrons. The van der Waals surface area contributed by atoms with Crippen molar-refractivity contribution in [3.05, 3.63) is 35.9 Å². The molecule has 1 aromatic rings. The van der Waals surface area contributed by atoms with Crippen molar-refractivity contribution in [1.82, 2.24) is 4.90 Å². The molecule has 7 nitrogen and oxygen atoms in total. The number of nitrogens with two attached hydrogens (primary N) is 3. The molecule has 7 heteroatoms. The fraction of sp³-hybridized carbons (Fsp3) is 0.854. The molecule has 4 aliphatic carbocycles. The standard InChI is InChI=1S/C41H72N4O3/c1-30(12-8-22-45(4)29-31-13-6-5-7-14-31)34-15-16-35-39-36(28-38(41(34,35)3)48-25-11-21-44)40(2)18-17-33(46-23-9-19-42)26-32(40)27-37(39)47-24-10-20-43/h5-7,13-14,30,32-39H,8-12,15-29,42-44H2,1-4H3/t30-,32?,33-,34-,35+,36+,37-,38+,39?,40?,41?/m1/s1. The van der Waals surface area contributed by atoms with Gasteiger partial charge in [0, 0.05) is 31.8 Å². The van der Waals surface area contributed by atoms with E-state index >= 15 is 0 Å². The first-order valence-corrected chi connectivity index (χ1v) is 19.9. The summed E-state index contributed by atoms with van der Waals surface area (Å²) in [6.07, 6.45) is 14.8. The van der Waals surface area contributed by atoms with Crippen molar-refractivity contribution in [3.63, 3.8) is 0 Å². The summed E-state index contributed by atoms with van der Waals surface area (Å²) < 4.78 is 20.4. The van der Waals surface area contributed by atoms with Crippen molar-refractivity contribution in [3.8, 4) is 0 Å². The summed E-state index contributed by atoms with van der Waals surface area (Å²) >= 11 is 0. The monoisotopic (exact) mass is 669 g/mol. The predicted octanol–water partition coefficient (Wildman–Crippen LogP) is 6.62. The number of hydrogen-bond donors (Lipinski definition) is 3. The highest BCUT2D eigenvalue weighted by Gasteiger charge is 2.66. The van der Waals surface area contributed by atoms with Gasteiger partial charge in [-0.15, -0.1) is 0 Å². The van der Waals surface area contributed by atoms with E-state index in [0.29, 0.717) is 72.8 Å². The molecule has 4 unspecified atom stereocenters. The van der Waals surface area contributed by atoms with Gasteiger partial charge in [0.25, 0.3) is 0 Å². The van der Waals surface area contributed by atoms with E-state index in [1.165, 1.54) is 44.1 Å². The van der Waals surface area contributed by atoms with Crippen molar-refractivity contribution in [1.29, 1.82) is 0 Å². The molecule has 0 heterocycles. The predicted molar refractivity (Wildman–Crippen MR) is 197 cm³/mol. The third-order valence-corrected chi connectivity index (χ3v) is 14.0. The Bertz CT molecular complexity index is 1080. The summed E-state index contributed by atoms with van der Waals surface area (Å²) in [6.45, 7) is 14.4. The maximum absolute atomic E-state index is 7.04. The highest BCUT2D eigenvalue weighted by molar-refractivity contribution is 5.16. The minimum Gasteiger partial charge on any atom is -0.378 e. The van der Waals surface area contributed by atoms with Gasteiger partial charge in [0.15, 0.2) is 0 Å². The first-order chi connectivity index (χ1) is 23.3. The van der Waals surface area contributed by atoms with Crippen molar-refractivity contribution in [2.24, 2.45) is 63.5 Å². The summed E-state index contributed by atoms with van der Waals surface area (Å²) in [7, 11) is 2.27. The van der Waals surface area contributed by atoms with Gasteiger partial charge in [-0.2, -0.15) is 0 Å². The van der Waals surface area contributed by atoms with Crippen LogP contribution in [0, 0.1) is 46.3 Å². The maximum atomic E-state index is 7.04. The highest BCUT2D eigenvalue weighted by Crippen LogP contribution is 2.69. The quantitative estimate of drug-likeness (QED) is 0.142. The SMILES string of the molecule is C[C@H](CCCN(C)Cc1ccccc1)[C@H]1CC[C@H]2C3[C@H](OCCCN)CC4C[C@H](OCCCN)CCC4(C)[C@H]3C[C@H](OCCCN)C12C. The van der Waals surface area contributed by atoms with Crippen LogP contribution in [0.5, 0.6) is 0 Å². The van der Waals surface area contributed by atoms with Crippen LogP contribution in [0.4, 0.5) is 0 Å². The smallest absolute Gasteiger partial charge is 0.0637 e. The molecule has 0 spiro atoms. The number of ether oxygens (including phenoxy) is 3. The van der Waals surface area contributed by atoms with Gasteiger partial charge in [-0.1, -0.05) is 51.1 Å². The Kier molecular flexibility index (Phi) is 14.3. The van der Waals surface area contributed by atoms with E-state index in [2.05, 4.69) is 63.1 Å². The molecule has 5 rings (SSSR count). The van der Waals surface area contributed by atoms with Gasteiger partial charge in [0.1, 0.15) is 0 Å². The molecule has 0 amide bonds. The van der Waals surface area contributed by atoms with E-state index in [4.69, 9.17) is 31.4 Å². The molecular weight excluding hydrogens is 596 g/mol. The van der Waals surface area contributed by atoms with Gasteiger partial charge < -0.3 is 36.3 Å². The van der Waals surface area contributed by atoms with E-state index in [0.717, 1.165) is 71.4 Å². The number of rotatable bonds is 19. The van der Waals surface area contributed by atoms with Crippen LogP contribution in [-0.4, -0.2) is 76.3 Å². The molecule has 0 radical (unpaired) electrons. The molecule has 0 saturated heterocycles. The Balaban J connectivity index is 1.34. The number of benzene rings is 1. The lowest BCUT2D eigenvalue weighted by molar-refractivity contribution is -0.227. The van der Waals surface area contributed by atoms with Crippen LogP contribution in [0.25, 0.3) is 0 Å². The summed E-state index contributed by atoms with van der Waals surface area (Å²) in [5.41, 5.74) is 19.6. The fourth-order valence-corrected chi connectivity index (χ4v) is 11.5. The Morgan fingerprint density at radius 2 is 1.50 bits per heavy atom. The highest BCUT2D eigenvalue weighted by atomic mass is 16.5. The minimum absolute atomic E-state index is 0.159. The minimum atomic E-state index is 0.159. The van der Waals surface area contributed by atoms with Crippen LogP contribution in [0.15, 0.2) is 30.3 Å². The molecule has 6 N–H and O–H groups in total. The van der Waals surface area contributed by atoms with Crippen molar-refractivity contribution >= 4 is 0 Å². The molecule has 4 aliphatic rings. The largest absolute Gasteiger partial charge is 0.378 e. The summed E-state index contributed by atoms with van der Waals surface area (Å²) in [5, 5.41) is 0. The van der Waals surface area contributed by atoms with Gasteiger partial charge in [0.05, 0.1) is 18.3 Å². The van der Waals surface area contributed by atoms with Gasteiger partial charge in [-0.25, -0.2) is 0 Å². The summed E-state index contributed by atoms with van der Waals surface area (Å²) in [6, 6.07) is 10.9.